The van der Waals surface area contributed by atoms with Crippen LogP contribution in [0.2, 0.25) is 0 Å². The molecule has 2 fully saturated rings. The summed E-state index contributed by atoms with van der Waals surface area (Å²) in [5.74, 6) is 0.823. The summed E-state index contributed by atoms with van der Waals surface area (Å²) in [5.41, 5.74) is 6.43. The van der Waals surface area contributed by atoms with Crippen LogP contribution in [0.5, 0.6) is 0 Å². The molecule has 1 aliphatic heterocycles. The smallest absolute Gasteiger partial charge is 0.00412 e. The molecule has 0 unspecified atom stereocenters. The fourth-order valence-electron chi connectivity index (χ4n) is 3.34. The van der Waals surface area contributed by atoms with Crippen LogP contribution < -0.4 is 5.73 Å². The molecule has 2 aliphatic rings. The highest BCUT2D eigenvalue weighted by molar-refractivity contribution is 4.94. The van der Waals surface area contributed by atoms with Gasteiger partial charge in [0.25, 0.3) is 0 Å². The van der Waals surface area contributed by atoms with E-state index in [0.29, 0.717) is 5.41 Å². The number of rotatable bonds is 2. The molecule has 1 spiro atoms. The lowest BCUT2D eigenvalue weighted by molar-refractivity contribution is 0.144. The molecule has 2 nitrogen and oxygen atoms in total. The molecule has 0 radical (unpaired) electrons. The topological polar surface area (TPSA) is 29.3 Å². The van der Waals surface area contributed by atoms with Gasteiger partial charge in [0.2, 0.25) is 0 Å². The van der Waals surface area contributed by atoms with Crippen molar-refractivity contribution in [3.8, 4) is 0 Å². The van der Waals surface area contributed by atoms with E-state index in [-0.39, 0.29) is 0 Å². The lowest BCUT2D eigenvalue weighted by atomic mass is 9.70. The lowest BCUT2D eigenvalue weighted by Gasteiger charge is -2.37. The summed E-state index contributed by atoms with van der Waals surface area (Å²) in [5, 5.41) is 0. The largest absolute Gasteiger partial charge is 0.330 e. The molecule has 2 rings (SSSR count). The monoisotopic (exact) mass is 210 g/mol. The SMILES string of the molecule is CC(C)N1CCC2(CCC(CN)CC2)C1. The molecule has 0 aromatic rings. The van der Waals surface area contributed by atoms with Crippen molar-refractivity contribution in [2.24, 2.45) is 17.1 Å². The van der Waals surface area contributed by atoms with Gasteiger partial charge in [0.05, 0.1) is 0 Å². The van der Waals surface area contributed by atoms with E-state index in [1.807, 2.05) is 0 Å². The number of hydrogen-bond donors (Lipinski definition) is 1. The average Bonchev–Trinajstić information content (AvgIpc) is 2.64. The average molecular weight is 210 g/mol. The molecule has 0 bridgehead atoms. The number of likely N-dealkylation sites (tertiary alicyclic amines) is 1. The van der Waals surface area contributed by atoms with Crippen LogP contribution in [0.15, 0.2) is 0 Å². The Labute approximate surface area is 94.2 Å². The van der Waals surface area contributed by atoms with E-state index in [9.17, 15) is 0 Å². The quantitative estimate of drug-likeness (QED) is 0.757. The van der Waals surface area contributed by atoms with Gasteiger partial charge in [-0.25, -0.2) is 0 Å². The van der Waals surface area contributed by atoms with Gasteiger partial charge in [-0.2, -0.15) is 0 Å². The summed E-state index contributed by atoms with van der Waals surface area (Å²) in [6.07, 6.45) is 7.05. The molecule has 2 heteroatoms. The van der Waals surface area contributed by atoms with E-state index in [4.69, 9.17) is 5.73 Å². The number of hydrogen-bond acceptors (Lipinski definition) is 2. The fourth-order valence-corrected chi connectivity index (χ4v) is 3.34. The van der Waals surface area contributed by atoms with Gasteiger partial charge in [0.15, 0.2) is 0 Å². The standard InChI is InChI=1S/C13H26N2/c1-11(2)15-8-7-13(10-15)5-3-12(9-14)4-6-13/h11-12H,3-10,14H2,1-2H3. The van der Waals surface area contributed by atoms with Gasteiger partial charge in [0, 0.05) is 12.6 Å². The Morgan fingerprint density at radius 3 is 2.40 bits per heavy atom. The van der Waals surface area contributed by atoms with Crippen molar-refractivity contribution in [1.82, 2.24) is 4.90 Å². The summed E-state index contributed by atoms with van der Waals surface area (Å²) < 4.78 is 0. The van der Waals surface area contributed by atoms with Gasteiger partial charge < -0.3 is 10.6 Å². The van der Waals surface area contributed by atoms with Gasteiger partial charge in [-0.05, 0) is 70.4 Å². The second kappa shape index (κ2) is 4.42. The molecule has 0 amide bonds. The summed E-state index contributed by atoms with van der Waals surface area (Å²) in [4.78, 5) is 2.66. The first kappa shape index (κ1) is 11.4. The van der Waals surface area contributed by atoms with Gasteiger partial charge in [-0.15, -0.1) is 0 Å². The summed E-state index contributed by atoms with van der Waals surface area (Å²) in [6, 6.07) is 0.733. The third-order valence-electron chi connectivity index (χ3n) is 4.70. The molecule has 88 valence electrons. The Balaban J connectivity index is 1.89. The van der Waals surface area contributed by atoms with Gasteiger partial charge in [-0.3, -0.25) is 0 Å². The minimum absolute atomic E-state index is 0.677. The van der Waals surface area contributed by atoms with Crippen LogP contribution >= 0.6 is 0 Å². The maximum Gasteiger partial charge on any atom is 0.00412 e. The first-order chi connectivity index (χ1) is 7.15. The minimum atomic E-state index is 0.677. The molecule has 0 aromatic heterocycles. The van der Waals surface area contributed by atoms with Gasteiger partial charge >= 0.3 is 0 Å². The highest BCUT2D eigenvalue weighted by Crippen LogP contribution is 2.45. The van der Waals surface area contributed by atoms with Crippen LogP contribution in [0.4, 0.5) is 0 Å². The fraction of sp³-hybridized carbons (Fsp3) is 1.00. The Hall–Kier alpha value is -0.0800. The van der Waals surface area contributed by atoms with Crippen molar-refractivity contribution in [1.29, 1.82) is 0 Å². The van der Waals surface area contributed by atoms with E-state index in [0.717, 1.165) is 18.5 Å². The summed E-state index contributed by atoms with van der Waals surface area (Å²) >= 11 is 0. The molecule has 2 N–H and O–H groups in total. The molecule has 1 aliphatic carbocycles. The summed E-state index contributed by atoms with van der Waals surface area (Å²) in [6.45, 7) is 8.23. The molecular formula is C13H26N2. The highest BCUT2D eigenvalue weighted by Gasteiger charge is 2.40. The maximum atomic E-state index is 5.76. The van der Waals surface area contributed by atoms with E-state index in [1.165, 1.54) is 45.2 Å². The van der Waals surface area contributed by atoms with Crippen LogP contribution in [0.3, 0.4) is 0 Å². The third kappa shape index (κ3) is 2.36. The zero-order valence-electron chi connectivity index (χ0n) is 10.3. The Kier molecular flexibility index (Phi) is 3.36. The van der Waals surface area contributed by atoms with Crippen LogP contribution in [-0.4, -0.2) is 30.6 Å². The number of nitrogens with two attached hydrogens (primary N) is 1. The highest BCUT2D eigenvalue weighted by atomic mass is 15.2. The van der Waals surface area contributed by atoms with Crippen LogP contribution in [-0.2, 0) is 0 Å². The minimum Gasteiger partial charge on any atom is -0.330 e. The molecule has 15 heavy (non-hydrogen) atoms. The van der Waals surface area contributed by atoms with E-state index >= 15 is 0 Å². The van der Waals surface area contributed by atoms with E-state index in [1.54, 1.807) is 0 Å². The predicted octanol–water partition coefficient (Wildman–Crippen LogP) is 2.24. The zero-order valence-corrected chi connectivity index (χ0v) is 10.3. The second-order valence-corrected chi connectivity index (χ2v) is 5.99. The van der Waals surface area contributed by atoms with Crippen LogP contribution in [0.25, 0.3) is 0 Å². The molecule has 1 heterocycles. The van der Waals surface area contributed by atoms with E-state index < -0.39 is 0 Å². The normalized spacial score (nSPS) is 38.0. The van der Waals surface area contributed by atoms with Crippen LogP contribution in [0.1, 0.15) is 46.0 Å². The van der Waals surface area contributed by atoms with Crippen LogP contribution in [0, 0.1) is 11.3 Å². The maximum absolute atomic E-state index is 5.76. The molecule has 1 saturated heterocycles. The predicted molar refractivity (Wildman–Crippen MR) is 64.8 cm³/mol. The van der Waals surface area contributed by atoms with Crippen molar-refractivity contribution in [2.75, 3.05) is 19.6 Å². The molecule has 1 saturated carbocycles. The van der Waals surface area contributed by atoms with Gasteiger partial charge in [0.1, 0.15) is 0 Å². The van der Waals surface area contributed by atoms with Crippen molar-refractivity contribution >= 4 is 0 Å². The van der Waals surface area contributed by atoms with Crippen molar-refractivity contribution in [3.05, 3.63) is 0 Å². The first-order valence-electron chi connectivity index (χ1n) is 6.59. The van der Waals surface area contributed by atoms with Crippen molar-refractivity contribution in [3.63, 3.8) is 0 Å². The number of nitrogens with zero attached hydrogens (tertiary/aromatic N) is 1. The Bertz CT molecular complexity index is 205. The lowest BCUT2D eigenvalue weighted by Crippen LogP contribution is -2.35. The Morgan fingerprint density at radius 2 is 1.93 bits per heavy atom. The third-order valence-corrected chi connectivity index (χ3v) is 4.70. The van der Waals surface area contributed by atoms with Gasteiger partial charge in [-0.1, -0.05) is 0 Å². The van der Waals surface area contributed by atoms with E-state index in [2.05, 4.69) is 18.7 Å². The summed E-state index contributed by atoms with van der Waals surface area (Å²) in [7, 11) is 0. The zero-order chi connectivity index (χ0) is 10.9. The van der Waals surface area contributed by atoms with Crippen molar-refractivity contribution < 1.29 is 0 Å². The van der Waals surface area contributed by atoms with Crippen molar-refractivity contribution in [2.45, 2.75) is 52.0 Å². The first-order valence-corrected chi connectivity index (χ1v) is 6.59. The molecular weight excluding hydrogens is 184 g/mol. The second-order valence-electron chi connectivity index (χ2n) is 5.99. The Morgan fingerprint density at radius 1 is 1.27 bits per heavy atom. The molecule has 0 aromatic carbocycles. The molecule has 0 atom stereocenters.